The van der Waals surface area contributed by atoms with Crippen molar-refractivity contribution < 1.29 is 19.4 Å². The van der Waals surface area contributed by atoms with Crippen molar-refractivity contribution in [3.05, 3.63) is 59.1 Å². The molecule has 156 valence electrons. The van der Waals surface area contributed by atoms with E-state index in [-0.39, 0.29) is 24.8 Å². The zero-order valence-electron chi connectivity index (χ0n) is 16.3. The molecule has 4 N–H and O–H groups in total. The lowest BCUT2D eigenvalue weighted by Crippen LogP contribution is -2.37. The molecule has 2 aromatic rings. The molecule has 0 spiro atoms. The molecule has 29 heavy (non-hydrogen) atoms. The molecule has 0 aliphatic rings. The van der Waals surface area contributed by atoms with Gasteiger partial charge in [0.25, 0.3) is 0 Å². The number of carbonyl (C=O) groups excluding carboxylic acids is 2. The summed E-state index contributed by atoms with van der Waals surface area (Å²) >= 11 is 5.99. The fourth-order valence-corrected chi connectivity index (χ4v) is 2.71. The van der Waals surface area contributed by atoms with Gasteiger partial charge in [-0.25, -0.2) is 0 Å². The van der Waals surface area contributed by atoms with Crippen molar-refractivity contribution in [2.24, 2.45) is 0 Å². The number of carbonyl (C=O) groups is 2. The van der Waals surface area contributed by atoms with E-state index in [1.54, 1.807) is 36.4 Å². The number of halogens is 1. The van der Waals surface area contributed by atoms with Gasteiger partial charge in [-0.3, -0.25) is 9.59 Å². The Morgan fingerprint density at radius 1 is 1.10 bits per heavy atom. The number of hydrogen-bond donors (Lipinski definition) is 4. The third kappa shape index (κ3) is 8.95. The molecule has 0 radical (unpaired) electrons. The molecule has 2 amide bonds. The number of anilines is 1. The lowest BCUT2D eigenvalue weighted by molar-refractivity contribution is -0.120. The lowest BCUT2D eigenvalue weighted by atomic mass is 10.1. The number of rotatable bonds is 11. The van der Waals surface area contributed by atoms with Crippen LogP contribution in [0.1, 0.15) is 12.5 Å². The molecule has 0 aromatic heterocycles. The van der Waals surface area contributed by atoms with Crippen LogP contribution in [0.15, 0.2) is 48.5 Å². The number of ether oxygens (including phenoxy) is 1. The number of hydrogen-bond acceptors (Lipinski definition) is 5. The standard InChI is InChI=1S/C21H26ClN3O4/c1-15(26)25-17-8-6-16(7-9-17)12-21(28)24-11-10-23-13-18(27)14-29-20-5-3-2-4-19(20)22/h2-9,18,23,27H,10-14H2,1H3,(H,24,28)(H,25,26). The minimum Gasteiger partial charge on any atom is -0.489 e. The van der Waals surface area contributed by atoms with Gasteiger partial charge in [-0.2, -0.15) is 0 Å². The second-order valence-electron chi connectivity index (χ2n) is 6.50. The van der Waals surface area contributed by atoms with Gasteiger partial charge < -0.3 is 25.8 Å². The van der Waals surface area contributed by atoms with Crippen molar-refractivity contribution in [3.63, 3.8) is 0 Å². The first kappa shape index (κ1) is 22.7. The molecule has 7 nitrogen and oxygen atoms in total. The highest BCUT2D eigenvalue weighted by atomic mass is 35.5. The van der Waals surface area contributed by atoms with Crippen molar-refractivity contribution in [2.75, 3.05) is 31.6 Å². The molecule has 1 atom stereocenters. The molecule has 2 aromatic carbocycles. The first-order valence-corrected chi connectivity index (χ1v) is 9.71. The van der Waals surface area contributed by atoms with Crippen LogP contribution < -0.4 is 20.7 Å². The number of aliphatic hydroxyl groups excluding tert-OH is 1. The van der Waals surface area contributed by atoms with Gasteiger partial charge in [-0.05, 0) is 29.8 Å². The number of benzene rings is 2. The van der Waals surface area contributed by atoms with Gasteiger partial charge in [0.05, 0.1) is 11.4 Å². The van der Waals surface area contributed by atoms with E-state index in [0.29, 0.717) is 36.1 Å². The van der Waals surface area contributed by atoms with E-state index in [1.165, 1.54) is 6.92 Å². The highest BCUT2D eigenvalue weighted by Crippen LogP contribution is 2.23. The summed E-state index contributed by atoms with van der Waals surface area (Å²) in [5.74, 6) is 0.302. The molecule has 8 heteroatoms. The molecule has 1 unspecified atom stereocenters. The quantitative estimate of drug-likeness (QED) is 0.417. The van der Waals surface area contributed by atoms with E-state index in [1.807, 2.05) is 12.1 Å². The van der Waals surface area contributed by atoms with E-state index in [2.05, 4.69) is 16.0 Å². The highest BCUT2D eigenvalue weighted by Gasteiger charge is 2.07. The average Bonchev–Trinajstić information content (AvgIpc) is 2.68. The van der Waals surface area contributed by atoms with Crippen LogP contribution in [0.3, 0.4) is 0 Å². The Labute approximate surface area is 175 Å². The van der Waals surface area contributed by atoms with Crippen molar-refractivity contribution in [2.45, 2.75) is 19.4 Å². The summed E-state index contributed by atoms with van der Waals surface area (Å²) in [5, 5.41) is 19.0. The van der Waals surface area contributed by atoms with Crippen LogP contribution >= 0.6 is 11.6 Å². The molecule has 0 saturated carbocycles. The molecule has 0 saturated heterocycles. The average molecular weight is 420 g/mol. The Morgan fingerprint density at radius 3 is 2.52 bits per heavy atom. The van der Waals surface area contributed by atoms with E-state index in [4.69, 9.17) is 16.3 Å². The summed E-state index contributed by atoms with van der Waals surface area (Å²) in [6, 6.07) is 14.2. The number of aliphatic hydroxyl groups is 1. The van der Waals surface area contributed by atoms with Crippen LogP contribution in [-0.2, 0) is 16.0 Å². The van der Waals surface area contributed by atoms with Gasteiger partial charge in [0.2, 0.25) is 11.8 Å². The topological polar surface area (TPSA) is 99.7 Å². The minimum absolute atomic E-state index is 0.0957. The first-order chi connectivity index (χ1) is 13.9. The Bertz CT molecular complexity index is 799. The summed E-state index contributed by atoms with van der Waals surface area (Å²) in [4.78, 5) is 23.0. The van der Waals surface area contributed by atoms with Crippen molar-refractivity contribution in [3.8, 4) is 5.75 Å². The van der Waals surface area contributed by atoms with Gasteiger partial charge in [0, 0.05) is 32.2 Å². The predicted octanol–water partition coefficient (Wildman–Crippen LogP) is 1.99. The Hall–Kier alpha value is -2.61. The molecule has 0 aliphatic carbocycles. The molecular formula is C21H26ClN3O4. The third-order valence-corrected chi connectivity index (χ3v) is 4.22. The third-order valence-electron chi connectivity index (χ3n) is 3.91. The van der Waals surface area contributed by atoms with Crippen LogP contribution in [0, 0.1) is 0 Å². The van der Waals surface area contributed by atoms with Gasteiger partial charge in [0.15, 0.2) is 0 Å². The van der Waals surface area contributed by atoms with E-state index < -0.39 is 6.10 Å². The Balaban J connectivity index is 1.57. The normalized spacial score (nSPS) is 11.6. The second-order valence-corrected chi connectivity index (χ2v) is 6.91. The Kier molecular flexibility index (Phi) is 9.43. The summed E-state index contributed by atoms with van der Waals surface area (Å²) in [6.45, 7) is 2.88. The van der Waals surface area contributed by atoms with Crippen molar-refractivity contribution >= 4 is 29.1 Å². The number of nitrogens with one attached hydrogen (secondary N) is 3. The largest absolute Gasteiger partial charge is 0.489 e. The van der Waals surface area contributed by atoms with Crippen molar-refractivity contribution in [1.29, 1.82) is 0 Å². The fraction of sp³-hybridized carbons (Fsp3) is 0.333. The van der Waals surface area contributed by atoms with E-state index >= 15 is 0 Å². The Morgan fingerprint density at radius 2 is 1.83 bits per heavy atom. The van der Waals surface area contributed by atoms with Gasteiger partial charge >= 0.3 is 0 Å². The maximum Gasteiger partial charge on any atom is 0.224 e. The number of para-hydroxylation sites is 1. The zero-order chi connectivity index (χ0) is 21.1. The van der Waals surface area contributed by atoms with Crippen LogP contribution in [0.5, 0.6) is 5.75 Å². The SMILES string of the molecule is CC(=O)Nc1ccc(CC(=O)NCCNCC(O)COc2ccccc2Cl)cc1. The molecule has 0 bridgehead atoms. The molecule has 0 heterocycles. The lowest BCUT2D eigenvalue weighted by Gasteiger charge is -2.14. The monoisotopic (exact) mass is 419 g/mol. The van der Waals surface area contributed by atoms with Gasteiger partial charge in [-0.15, -0.1) is 0 Å². The fourth-order valence-electron chi connectivity index (χ4n) is 2.52. The predicted molar refractivity (Wildman–Crippen MR) is 113 cm³/mol. The maximum atomic E-state index is 12.0. The first-order valence-electron chi connectivity index (χ1n) is 9.33. The molecule has 0 fully saturated rings. The summed E-state index contributed by atoms with van der Waals surface area (Å²) in [6.07, 6.45) is -0.432. The van der Waals surface area contributed by atoms with Crippen LogP contribution in [0.25, 0.3) is 0 Å². The second kappa shape index (κ2) is 12.1. The number of amides is 2. The van der Waals surface area contributed by atoms with Crippen LogP contribution in [-0.4, -0.2) is 49.3 Å². The molecular weight excluding hydrogens is 394 g/mol. The van der Waals surface area contributed by atoms with E-state index in [9.17, 15) is 14.7 Å². The van der Waals surface area contributed by atoms with Crippen molar-refractivity contribution in [1.82, 2.24) is 10.6 Å². The van der Waals surface area contributed by atoms with Gasteiger partial charge in [0.1, 0.15) is 18.5 Å². The summed E-state index contributed by atoms with van der Waals surface area (Å²) in [5.41, 5.74) is 1.56. The minimum atomic E-state index is -0.691. The van der Waals surface area contributed by atoms with Crippen LogP contribution in [0.4, 0.5) is 5.69 Å². The maximum absolute atomic E-state index is 12.0. The zero-order valence-corrected chi connectivity index (χ0v) is 17.0. The summed E-state index contributed by atoms with van der Waals surface area (Å²) < 4.78 is 5.47. The molecule has 0 aliphatic heterocycles. The smallest absolute Gasteiger partial charge is 0.224 e. The van der Waals surface area contributed by atoms with Gasteiger partial charge in [-0.1, -0.05) is 35.9 Å². The molecule has 2 rings (SSSR count). The van der Waals surface area contributed by atoms with E-state index in [0.717, 1.165) is 5.56 Å². The summed E-state index contributed by atoms with van der Waals surface area (Å²) in [7, 11) is 0. The van der Waals surface area contributed by atoms with Crippen LogP contribution in [0.2, 0.25) is 5.02 Å². The highest BCUT2D eigenvalue weighted by molar-refractivity contribution is 6.32.